The van der Waals surface area contributed by atoms with E-state index in [-0.39, 0.29) is 50.1 Å². The molecule has 15 heteroatoms. The van der Waals surface area contributed by atoms with Crippen molar-refractivity contribution in [2.45, 2.75) is 51.0 Å². The van der Waals surface area contributed by atoms with Crippen molar-refractivity contribution in [3.63, 3.8) is 0 Å². The number of pyridine rings is 1. The predicted octanol–water partition coefficient (Wildman–Crippen LogP) is 4.17. The largest absolute Gasteiger partial charge is 0.468 e. The Bertz CT molecular complexity index is 1770. The molecule has 48 heavy (non-hydrogen) atoms. The minimum Gasteiger partial charge on any atom is -0.468 e. The van der Waals surface area contributed by atoms with E-state index in [0.717, 1.165) is 29.4 Å². The van der Waals surface area contributed by atoms with Crippen molar-refractivity contribution in [1.82, 2.24) is 19.3 Å². The lowest BCUT2D eigenvalue weighted by Gasteiger charge is -2.30. The summed E-state index contributed by atoms with van der Waals surface area (Å²) < 4.78 is 65.1. The minimum absolute atomic E-state index is 0.0342. The second-order valence-corrected chi connectivity index (χ2v) is 15.2. The third-order valence-electron chi connectivity index (χ3n) is 7.64. The second kappa shape index (κ2) is 18.4. The number of ether oxygens (including phenoxy) is 2. The van der Waals surface area contributed by atoms with Gasteiger partial charge in [-0.25, -0.2) is 21.6 Å². The number of rotatable bonds is 19. The number of aryl methyl sites for hydroxylation is 1. The number of nitrogens with zero attached hydrogens (tertiary/aromatic N) is 2. The van der Waals surface area contributed by atoms with Gasteiger partial charge >= 0.3 is 5.97 Å². The number of aromatic nitrogens is 1. The number of nitrogens with one attached hydrogen (secondary N) is 2. The molecule has 2 N–H and O–H groups in total. The fraction of sp³-hybridized carbons (Fsp3) is 0.424. The number of carbonyl (C=O) groups is 2. The molecule has 0 bridgehead atoms. The van der Waals surface area contributed by atoms with Gasteiger partial charge in [-0.1, -0.05) is 35.9 Å². The first-order valence-corrected chi connectivity index (χ1v) is 18.9. The number of hydrogen-bond donors (Lipinski definition) is 2. The van der Waals surface area contributed by atoms with Crippen LogP contribution in [0.4, 0.5) is 0 Å². The summed E-state index contributed by atoms with van der Waals surface area (Å²) in [7, 11) is -6.68. The van der Waals surface area contributed by atoms with Crippen molar-refractivity contribution in [1.29, 1.82) is 0 Å². The Kier molecular flexibility index (Phi) is 15.0. The minimum atomic E-state index is -3.97. The molecule has 1 heterocycles. The van der Waals surface area contributed by atoms with Crippen LogP contribution in [-0.4, -0.2) is 83.7 Å². The Balaban J connectivity index is 1.59. The van der Waals surface area contributed by atoms with Gasteiger partial charge in [0, 0.05) is 49.5 Å². The number of sulfonamides is 2. The van der Waals surface area contributed by atoms with E-state index in [1.807, 2.05) is 44.2 Å². The highest BCUT2D eigenvalue weighted by atomic mass is 35.5. The summed E-state index contributed by atoms with van der Waals surface area (Å²) in [6.07, 6.45) is 4.57. The summed E-state index contributed by atoms with van der Waals surface area (Å²) in [5.41, 5.74) is 4.26. The van der Waals surface area contributed by atoms with E-state index in [1.165, 1.54) is 4.31 Å². The van der Waals surface area contributed by atoms with Gasteiger partial charge in [-0.2, -0.15) is 4.31 Å². The van der Waals surface area contributed by atoms with Gasteiger partial charge in [0.2, 0.25) is 26.0 Å². The Labute approximate surface area is 288 Å². The van der Waals surface area contributed by atoms with Crippen molar-refractivity contribution in [3.05, 3.63) is 82.6 Å². The molecular weight excluding hydrogens is 680 g/mol. The Morgan fingerprint density at radius 1 is 1.00 bits per heavy atom. The number of esters is 1. The maximum Gasteiger partial charge on any atom is 0.322 e. The Hall–Kier alpha value is -3.40. The highest BCUT2D eigenvalue weighted by molar-refractivity contribution is 7.90. The highest BCUT2D eigenvalue weighted by Gasteiger charge is 2.31. The number of halogens is 1. The average molecular weight is 723 g/mol. The molecule has 1 aromatic heterocycles. The smallest absolute Gasteiger partial charge is 0.322 e. The molecule has 262 valence electrons. The van der Waals surface area contributed by atoms with Crippen LogP contribution in [0, 0.1) is 13.8 Å². The zero-order valence-electron chi connectivity index (χ0n) is 27.6. The van der Waals surface area contributed by atoms with Crippen LogP contribution in [0.2, 0.25) is 5.02 Å². The fourth-order valence-corrected chi connectivity index (χ4v) is 8.05. The number of amides is 1. The van der Waals surface area contributed by atoms with Crippen molar-refractivity contribution >= 4 is 43.5 Å². The summed E-state index contributed by atoms with van der Waals surface area (Å²) in [5.74, 6) is -1.86. The van der Waals surface area contributed by atoms with Crippen LogP contribution in [-0.2, 0) is 39.1 Å². The molecule has 0 fully saturated rings. The third kappa shape index (κ3) is 11.3. The van der Waals surface area contributed by atoms with Gasteiger partial charge in [0.1, 0.15) is 0 Å². The standard InChI is InChI=1S/C33H43ClN4O8S2/c1-24-22-35-15-14-29(24)28-10-7-9-27(21-28)26(3)38(48(43,44)31-12-8-11-30(34)25(31)2)18-6-5-13-32(39)36-16-19-46-20-17-37-47(41,42)23-33(40)45-4/h7-12,14-15,21-22,26,37H,5-6,13,16-20,23H2,1-4H3,(H,36,39)/t26-/m0/s1. The third-order valence-corrected chi connectivity index (χ3v) is 11.4. The van der Waals surface area contributed by atoms with Crippen LogP contribution in [0.1, 0.15) is 48.9 Å². The molecule has 0 spiro atoms. The van der Waals surface area contributed by atoms with E-state index in [2.05, 4.69) is 19.8 Å². The lowest BCUT2D eigenvalue weighted by molar-refractivity contribution is -0.137. The van der Waals surface area contributed by atoms with Crippen LogP contribution in [0.15, 0.2) is 65.8 Å². The van der Waals surface area contributed by atoms with E-state index < -0.39 is 37.8 Å². The number of methoxy groups -OCH3 is 1. The van der Waals surface area contributed by atoms with Gasteiger partial charge in [-0.05, 0) is 85.7 Å². The monoisotopic (exact) mass is 722 g/mol. The van der Waals surface area contributed by atoms with E-state index in [0.29, 0.717) is 23.4 Å². The summed E-state index contributed by atoms with van der Waals surface area (Å²) in [5, 5.41) is 3.10. The van der Waals surface area contributed by atoms with E-state index in [1.54, 1.807) is 37.5 Å². The molecule has 2 aromatic carbocycles. The van der Waals surface area contributed by atoms with Gasteiger partial charge in [-0.3, -0.25) is 14.6 Å². The Morgan fingerprint density at radius 3 is 2.46 bits per heavy atom. The maximum atomic E-state index is 14.1. The summed E-state index contributed by atoms with van der Waals surface area (Å²) >= 11 is 6.32. The molecule has 0 radical (unpaired) electrons. The number of hydrogen-bond acceptors (Lipinski definition) is 9. The molecule has 0 aliphatic rings. The molecule has 0 unspecified atom stereocenters. The second-order valence-electron chi connectivity index (χ2n) is 11.1. The van der Waals surface area contributed by atoms with Gasteiger partial charge < -0.3 is 14.8 Å². The summed E-state index contributed by atoms with van der Waals surface area (Å²) in [6, 6.07) is 14.0. The fourth-order valence-electron chi connectivity index (χ4n) is 4.99. The topological polar surface area (TPSA) is 161 Å². The quantitative estimate of drug-likeness (QED) is 0.137. The van der Waals surface area contributed by atoms with Crippen molar-refractivity contribution < 1.29 is 35.9 Å². The normalized spacial score (nSPS) is 12.5. The first kappa shape index (κ1) is 39.0. The lowest BCUT2D eigenvalue weighted by atomic mass is 9.98. The van der Waals surface area contributed by atoms with Crippen LogP contribution < -0.4 is 10.0 Å². The number of carbonyl (C=O) groups excluding carboxylic acids is 2. The molecule has 12 nitrogen and oxygen atoms in total. The van der Waals surface area contributed by atoms with Gasteiger partial charge in [0.05, 0.1) is 25.2 Å². The molecule has 0 saturated heterocycles. The Morgan fingerprint density at radius 2 is 1.73 bits per heavy atom. The molecule has 0 aliphatic heterocycles. The van der Waals surface area contributed by atoms with E-state index >= 15 is 0 Å². The average Bonchev–Trinajstić information content (AvgIpc) is 3.05. The van der Waals surface area contributed by atoms with Crippen LogP contribution in [0.5, 0.6) is 0 Å². The van der Waals surface area contributed by atoms with Crippen LogP contribution in [0.3, 0.4) is 0 Å². The molecule has 3 rings (SSSR count). The summed E-state index contributed by atoms with van der Waals surface area (Å²) in [6.45, 7) is 6.08. The lowest BCUT2D eigenvalue weighted by Crippen LogP contribution is -2.35. The molecule has 0 aliphatic carbocycles. The number of benzene rings is 2. The first-order valence-electron chi connectivity index (χ1n) is 15.4. The van der Waals surface area contributed by atoms with Crippen molar-refractivity contribution in [2.75, 3.05) is 45.7 Å². The van der Waals surface area contributed by atoms with Gasteiger partial charge in [-0.15, -0.1) is 0 Å². The molecular formula is C33H43ClN4O8S2. The van der Waals surface area contributed by atoms with Gasteiger partial charge in [0.15, 0.2) is 5.75 Å². The van der Waals surface area contributed by atoms with Crippen molar-refractivity contribution in [3.8, 4) is 11.1 Å². The van der Waals surface area contributed by atoms with Crippen LogP contribution in [0.25, 0.3) is 11.1 Å². The van der Waals surface area contributed by atoms with E-state index in [9.17, 15) is 26.4 Å². The SMILES string of the molecule is COC(=O)CS(=O)(=O)NCCOCCNC(=O)CCCCN([C@@H](C)c1cccc(-c2ccncc2C)c1)S(=O)(=O)c1cccc(Cl)c1C. The zero-order valence-corrected chi connectivity index (χ0v) is 30.0. The maximum absolute atomic E-state index is 14.1. The molecule has 1 atom stereocenters. The van der Waals surface area contributed by atoms with Crippen molar-refractivity contribution in [2.24, 2.45) is 0 Å². The first-order chi connectivity index (χ1) is 22.8. The zero-order chi connectivity index (χ0) is 35.3. The predicted molar refractivity (Wildman–Crippen MR) is 184 cm³/mol. The molecule has 3 aromatic rings. The highest BCUT2D eigenvalue weighted by Crippen LogP contribution is 2.33. The van der Waals surface area contributed by atoms with E-state index in [4.69, 9.17) is 16.3 Å². The molecule has 0 saturated carbocycles. The van der Waals surface area contributed by atoms with Crippen LogP contribution >= 0.6 is 11.6 Å². The summed E-state index contributed by atoms with van der Waals surface area (Å²) in [4.78, 5) is 27.9. The van der Waals surface area contributed by atoms with Gasteiger partial charge in [0.25, 0.3) is 0 Å². The molecule has 1 amide bonds. The number of unbranched alkanes of at least 4 members (excludes halogenated alkanes) is 1.